The van der Waals surface area contributed by atoms with Gasteiger partial charge < -0.3 is 5.11 Å². The molecule has 0 atom stereocenters. The fourth-order valence-corrected chi connectivity index (χ4v) is 1.85. The second-order valence-corrected chi connectivity index (χ2v) is 4.19. The quantitative estimate of drug-likeness (QED) is 0.899. The molecule has 100 valence electrons. The van der Waals surface area contributed by atoms with Crippen LogP contribution in [-0.4, -0.2) is 26.1 Å². The van der Waals surface area contributed by atoms with Gasteiger partial charge >= 0.3 is 5.97 Å². The van der Waals surface area contributed by atoms with Crippen LogP contribution in [0.15, 0.2) is 24.3 Å². The van der Waals surface area contributed by atoms with E-state index in [2.05, 4.69) is 10.3 Å². The number of aromatic nitrogens is 3. The lowest BCUT2D eigenvalue weighted by molar-refractivity contribution is 0.0689. The van der Waals surface area contributed by atoms with Crippen molar-refractivity contribution in [3.63, 3.8) is 0 Å². The maximum absolute atomic E-state index is 13.2. The molecule has 19 heavy (non-hydrogen) atoms. The number of hydrogen-bond acceptors (Lipinski definition) is 3. The van der Waals surface area contributed by atoms with Crippen LogP contribution in [-0.2, 0) is 6.42 Å². The minimum absolute atomic E-state index is 0.0716. The van der Waals surface area contributed by atoms with E-state index in [-0.39, 0.29) is 5.69 Å². The van der Waals surface area contributed by atoms with Gasteiger partial charge in [-0.1, -0.05) is 24.6 Å². The molecule has 0 aliphatic carbocycles. The molecule has 1 heterocycles. The van der Waals surface area contributed by atoms with Crippen molar-refractivity contribution in [2.75, 3.05) is 0 Å². The van der Waals surface area contributed by atoms with Crippen molar-refractivity contribution in [2.45, 2.75) is 26.2 Å². The molecule has 0 aliphatic rings. The highest BCUT2D eigenvalue weighted by Crippen LogP contribution is 2.16. The van der Waals surface area contributed by atoms with Gasteiger partial charge in [0.1, 0.15) is 5.82 Å². The van der Waals surface area contributed by atoms with Crippen LogP contribution in [0, 0.1) is 5.82 Å². The Bertz CT molecular complexity index is 595. The summed E-state index contributed by atoms with van der Waals surface area (Å²) in [5.74, 6) is -1.51. The zero-order valence-corrected chi connectivity index (χ0v) is 10.5. The van der Waals surface area contributed by atoms with Gasteiger partial charge in [-0.15, -0.1) is 5.10 Å². The number of carboxylic acid groups (broad SMARTS) is 1. The summed E-state index contributed by atoms with van der Waals surface area (Å²) in [6.07, 6.45) is 2.29. The van der Waals surface area contributed by atoms with Gasteiger partial charge in [-0.25, -0.2) is 13.9 Å². The predicted octanol–water partition coefficient (Wildman–Crippen LogP) is 2.45. The van der Waals surface area contributed by atoms with E-state index < -0.39 is 11.8 Å². The van der Waals surface area contributed by atoms with Gasteiger partial charge in [-0.3, -0.25) is 0 Å². The molecule has 5 nitrogen and oxygen atoms in total. The van der Waals surface area contributed by atoms with E-state index in [1.807, 2.05) is 6.92 Å². The van der Waals surface area contributed by atoms with Gasteiger partial charge in [-0.2, -0.15) is 0 Å². The highest BCUT2D eigenvalue weighted by molar-refractivity contribution is 5.86. The molecule has 0 unspecified atom stereocenters. The first-order chi connectivity index (χ1) is 9.13. The number of benzene rings is 1. The molecule has 2 rings (SSSR count). The Balaban J connectivity index is 2.47. The average molecular weight is 263 g/mol. The Morgan fingerprint density at radius 2 is 2.26 bits per heavy atom. The molecule has 0 aliphatic heterocycles. The van der Waals surface area contributed by atoms with Gasteiger partial charge in [0.25, 0.3) is 0 Å². The Morgan fingerprint density at radius 3 is 2.89 bits per heavy atom. The molecule has 0 radical (unpaired) electrons. The number of halogens is 1. The summed E-state index contributed by atoms with van der Waals surface area (Å²) < 4.78 is 14.6. The third-order valence-corrected chi connectivity index (χ3v) is 2.79. The predicted molar refractivity (Wildman–Crippen MR) is 66.9 cm³/mol. The van der Waals surface area contributed by atoms with E-state index in [1.54, 1.807) is 12.1 Å². The highest BCUT2D eigenvalue weighted by atomic mass is 19.1. The largest absolute Gasteiger partial charge is 0.476 e. The summed E-state index contributed by atoms with van der Waals surface area (Å²) in [6.45, 7) is 2.01. The van der Waals surface area contributed by atoms with E-state index in [9.17, 15) is 9.18 Å². The lowest BCUT2D eigenvalue weighted by Crippen LogP contribution is -2.07. The van der Waals surface area contributed by atoms with Gasteiger partial charge in [0, 0.05) is 0 Å². The summed E-state index contributed by atoms with van der Waals surface area (Å²) in [5, 5.41) is 16.6. The normalized spacial score (nSPS) is 10.6. The van der Waals surface area contributed by atoms with Crippen LogP contribution < -0.4 is 0 Å². The molecule has 1 N–H and O–H groups in total. The molecular weight excluding hydrogens is 249 g/mol. The molecule has 0 amide bonds. The third-order valence-electron chi connectivity index (χ3n) is 2.79. The first-order valence-corrected chi connectivity index (χ1v) is 6.07. The zero-order chi connectivity index (χ0) is 13.8. The molecule has 1 aromatic heterocycles. The number of rotatable bonds is 5. The number of carboxylic acids is 1. The van der Waals surface area contributed by atoms with E-state index in [0.29, 0.717) is 17.8 Å². The van der Waals surface area contributed by atoms with E-state index in [0.717, 1.165) is 12.8 Å². The van der Waals surface area contributed by atoms with E-state index >= 15 is 0 Å². The van der Waals surface area contributed by atoms with Crippen molar-refractivity contribution in [1.29, 1.82) is 0 Å². The first-order valence-electron chi connectivity index (χ1n) is 6.07. The van der Waals surface area contributed by atoms with Crippen LogP contribution in [0.25, 0.3) is 5.69 Å². The molecule has 2 aromatic rings. The summed E-state index contributed by atoms with van der Waals surface area (Å²) in [5.41, 5.74) is 0.906. The lowest BCUT2D eigenvalue weighted by Gasteiger charge is -2.06. The minimum atomic E-state index is -1.12. The first kappa shape index (κ1) is 13.2. The highest BCUT2D eigenvalue weighted by Gasteiger charge is 2.19. The van der Waals surface area contributed by atoms with Crippen molar-refractivity contribution in [2.24, 2.45) is 0 Å². The Hall–Kier alpha value is -2.24. The summed E-state index contributed by atoms with van der Waals surface area (Å²) in [6, 6.07) is 5.84. The van der Waals surface area contributed by atoms with Crippen LogP contribution in [0.5, 0.6) is 0 Å². The third kappa shape index (κ3) is 2.78. The van der Waals surface area contributed by atoms with Crippen molar-refractivity contribution in [3.8, 4) is 5.69 Å². The van der Waals surface area contributed by atoms with E-state index in [1.165, 1.54) is 16.8 Å². The number of carbonyl (C=O) groups is 1. The van der Waals surface area contributed by atoms with Crippen molar-refractivity contribution < 1.29 is 14.3 Å². The maximum atomic E-state index is 13.2. The van der Waals surface area contributed by atoms with Crippen LogP contribution in [0.3, 0.4) is 0 Å². The zero-order valence-electron chi connectivity index (χ0n) is 10.5. The van der Waals surface area contributed by atoms with Crippen LogP contribution in [0.1, 0.15) is 35.9 Å². The molecule has 6 heteroatoms. The second kappa shape index (κ2) is 5.60. The Labute approximate surface area is 109 Å². The molecule has 0 spiro atoms. The fraction of sp³-hybridized carbons (Fsp3) is 0.308. The van der Waals surface area contributed by atoms with Crippen LogP contribution in [0.4, 0.5) is 4.39 Å². The second-order valence-electron chi connectivity index (χ2n) is 4.19. The monoisotopic (exact) mass is 263 g/mol. The fourth-order valence-electron chi connectivity index (χ4n) is 1.85. The lowest BCUT2D eigenvalue weighted by atomic mass is 10.1. The topological polar surface area (TPSA) is 68.0 Å². The molecule has 0 bridgehead atoms. The van der Waals surface area contributed by atoms with Gasteiger partial charge in [0.2, 0.25) is 0 Å². The number of unbranched alkanes of at least 4 members (excludes halogenated alkanes) is 1. The average Bonchev–Trinajstić information content (AvgIpc) is 2.80. The summed E-state index contributed by atoms with van der Waals surface area (Å²) >= 11 is 0. The van der Waals surface area contributed by atoms with Crippen molar-refractivity contribution in [1.82, 2.24) is 15.0 Å². The Morgan fingerprint density at radius 1 is 1.47 bits per heavy atom. The number of hydrogen-bond donors (Lipinski definition) is 1. The van der Waals surface area contributed by atoms with Gasteiger partial charge in [0.05, 0.1) is 11.4 Å². The minimum Gasteiger partial charge on any atom is -0.476 e. The van der Waals surface area contributed by atoms with Crippen LogP contribution >= 0.6 is 0 Å². The van der Waals surface area contributed by atoms with Gasteiger partial charge in [0.15, 0.2) is 5.69 Å². The smallest absolute Gasteiger partial charge is 0.358 e. The molecule has 1 aromatic carbocycles. The summed E-state index contributed by atoms with van der Waals surface area (Å²) in [7, 11) is 0. The van der Waals surface area contributed by atoms with Crippen molar-refractivity contribution >= 4 is 5.97 Å². The maximum Gasteiger partial charge on any atom is 0.358 e. The Kier molecular flexibility index (Phi) is 3.89. The number of nitrogens with zero attached hydrogens (tertiary/aromatic N) is 3. The molecule has 0 saturated carbocycles. The molecular formula is C13H14FN3O2. The van der Waals surface area contributed by atoms with E-state index in [4.69, 9.17) is 5.11 Å². The standard InChI is InChI=1S/C13H14FN3O2/c1-2-3-7-11-12(13(18)19)15-16-17(11)10-6-4-5-9(14)8-10/h4-6,8H,2-3,7H2,1H3,(H,18,19). The summed E-state index contributed by atoms with van der Waals surface area (Å²) in [4.78, 5) is 11.1. The molecule has 0 saturated heterocycles. The molecule has 0 fully saturated rings. The SMILES string of the molecule is CCCCc1c(C(=O)O)nnn1-c1cccc(F)c1. The number of aromatic carboxylic acids is 1. The van der Waals surface area contributed by atoms with Gasteiger partial charge in [-0.05, 0) is 31.0 Å². The van der Waals surface area contributed by atoms with Crippen molar-refractivity contribution in [3.05, 3.63) is 41.5 Å². The van der Waals surface area contributed by atoms with Crippen LogP contribution in [0.2, 0.25) is 0 Å².